The van der Waals surface area contributed by atoms with Gasteiger partial charge in [-0.1, -0.05) is 11.6 Å². The van der Waals surface area contributed by atoms with Crippen molar-refractivity contribution < 1.29 is 9.59 Å². The summed E-state index contributed by atoms with van der Waals surface area (Å²) in [5.41, 5.74) is 0.305. The van der Waals surface area contributed by atoms with Crippen molar-refractivity contribution in [1.29, 1.82) is 0 Å². The first-order chi connectivity index (χ1) is 8.00. The van der Waals surface area contributed by atoms with Crippen LogP contribution in [0.25, 0.3) is 0 Å². The van der Waals surface area contributed by atoms with Crippen molar-refractivity contribution in [3.63, 3.8) is 0 Å². The van der Waals surface area contributed by atoms with Gasteiger partial charge in [-0.2, -0.15) is 0 Å². The molecule has 2 N–H and O–H groups in total. The number of rotatable bonds is 4. The largest absolute Gasteiger partial charge is 0.352 e. The second-order valence-corrected chi connectivity index (χ2v) is 4.17. The Labute approximate surface area is 105 Å². The Bertz CT molecular complexity index is 421. The number of hydrogen-bond acceptors (Lipinski definition) is 3. The topological polar surface area (TPSA) is 71.1 Å². The van der Waals surface area contributed by atoms with Gasteiger partial charge < -0.3 is 10.6 Å². The molecule has 0 bridgehead atoms. The number of nitrogens with zero attached hydrogens (tertiary/aromatic N) is 1. The van der Waals surface area contributed by atoms with Crippen LogP contribution in [-0.4, -0.2) is 29.4 Å². The maximum atomic E-state index is 11.7. The molecule has 92 valence electrons. The average molecular weight is 256 g/mol. The van der Waals surface area contributed by atoms with Gasteiger partial charge in [0, 0.05) is 18.4 Å². The van der Waals surface area contributed by atoms with E-state index in [1.54, 1.807) is 0 Å². The third-order valence-corrected chi connectivity index (χ3v) is 2.18. The fraction of sp³-hybridized carbons (Fsp3) is 0.364. The summed E-state index contributed by atoms with van der Waals surface area (Å²) in [5, 5.41) is 5.41. The third-order valence-electron chi connectivity index (χ3n) is 1.88. The van der Waals surface area contributed by atoms with E-state index in [1.807, 2.05) is 13.8 Å². The average Bonchev–Trinajstić information content (AvgIpc) is 2.25. The lowest BCUT2D eigenvalue weighted by atomic mass is 10.2. The van der Waals surface area contributed by atoms with E-state index in [-0.39, 0.29) is 23.5 Å². The fourth-order valence-corrected chi connectivity index (χ4v) is 1.39. The van der Waals surface area contributed by atoms with Crippen molar-refractivity contribution >= 4 is 23.4 Å². The minimum Gasteiger partial charge on any atom is -0.352 e. The van der Waals surface area contributed by atoms with E-state index in [4.69, 9.17) is 11.6 Å². The van der Waals surface area contributed by atoms with Gasteiger partial charge in [0.25, 0.3) is 5.91 Å². The van der Waals surface area contributed by atoms with Gasteiger partial charge in [0.15, 0.2) is 0 Å². The van der Waals surface area contributed by atoms with Crippen LogP contribution in [0, 0.1) is 0 Å². The van der Waals surface area contributed by atoms with Crippen LogP contribution in [-0.2, 0) is 4.79 Å². The standard InChI is InChI=1S/C11H14ClN3O2/c1-7(2)15-10(16)6-14-11(17)8-3-4-13-5-9(8)12/h3-5,7H,6H2,1-2H3,(H,14,17)(H,15,16). The van der Waals surface area contributed by atoms with E-state index in [2.05, 4.69) is 15.6 Å². The lowest BCUT2D eigenvalue weighted by Gasteiger charge is -2.09. The van der Waals surface area contributed by atoms with Crippen molar-refractivity contribution in [3.05, 3.63) is 29.0 Å². The lowest BCUT2D eigenvalue weighted by molar-refractivity contribution is -0.120. The summed E-state index contributed by atoms with van der Waals surface area (Å²) in [5.74, 6) is -0.630. The number of amides is 2. The second-order valence-electron chi connectivity index (χ2n) is 3.76. The molecule has 6 heteroatoms. The highest BCUT2D eigenvalue weighted by atomic mass is 35.5. The number of carbonyl (C=O) groups excluding carboxylic acids is 2. The minimum absolute atomic E-state index is 0.0453. The maximum absolute atomic E-state index is 11.7. The molecule has 1 rings (SSSR count). The van der Waals surface area contributed by atoms with Crippen molar-refractivity contribution in [1.82, 2.24) is 15.6 Å². The molecule has 0 aromatic carbocycles. The highest BCUT2D eigenvalue weighted by molar-refractivity contribution is 6.33. The summed E-state index contributed by atoms with van der Waals surface area (Å²) in [7, 11) is 0. The number of aromatic nitrogens is 1. The van der Waals surface area contributed by atoms with Crippen LogP contribution in [0.1, 0.15) is 24.2 Å². The van der Waals surface area contributed by atoms with Crippen molar-refractivity contribution in [2.45, 2.75) is 19.9 Å². The van der Waals surface area contributed by atoms with Gasteiger partial charge in [-0.3, -0.25) is 14.6 Å². The first-order valence-electron chi connectivity index (χ1n) is 5.17. The van der Waals surface area contributed by atoms with Crippen LogP contribution in [0.2, 0.25) is 5.02 Å². The SMILES string of the molecule is CC(C)NC(=O)CNC(=O)c1ccncc1Cl. The highest BCUT2D eigenvalue weighted by Gasteiger charge is 2.11. The summed E-state index contributed by atoms with van der Waals surface area (Å²) < 4.78 is 0. The van der Waals surface area contributed by atoms with Gasteiger partial charge in [0.1, 0.15) is 0 Å². The van der Waals surface area contributed by atoms with Crippen molar-refractivity contribution in [2.24, 2.45) is 0 Å². The van der Waals surface area contributed by atoms with Crippen molar-refractivity contribution in [2.75, 3.05) is 6.54 Å². The minimum atomic E-state index is -0.392. The zero-order valence-electron chi connectivity index (χ0n) is 9.66. The summed E-state index contributed by atoms with van der Waals surface area (Å²) in [6.07, 6.45) is 2.85. The molecule has 5 nitrogen and oxygen atoms in total. The summed E-state index contributed by atoms with van der Waals surface area (Å²) in [4.78, 5) is 26.7. The zero-order chi connectivity index (χ0) is 12.8. The van der Waals surface area contributed by atoms with Crippen LogP contribution in [0.3, 0.4) is 0 Å². The van der Waals surface area contributed by atoms with E-state index in [1.165, 1.54) is 18.5 Å². The molecule has 0 radical (unpaired) electrons. The molecule has 0 saturated heterocycles. The molecular formula is C11H14ClN3O2. The van der Waals surface area contributed by atoms with Gasteiger partial charge in [0.05, 0.1) is 17.1 Å². The monoisotopic (exact) mass is 255 g/mol. The van der Waals surface area contributed by atoms with E-state index < -0.39 is 5.91 Å². The normalized spacial score (nSPS) is 10.1. The molecule has 0 aliphatic heterocycles. The quantitative estimate of drug-likeness (QED) is 0.843. The Morgan fingerprint density at radius 2 is 2.18 bits per heavy atom. The molecule has 0 atom stereocenters. The van der Waals surface area contributed by atoms with Gasteiger partial charge in [-0.05, 0) is 19.9 Å². The first-order valence-corrected chi connectivity index (χ1v) is 5.55. The Balaban J connectivity index is 2.51. The fourth-order valence-electron chi connectivity index (χ4n) is 1.19. The summed E-state index contributed by atoms with van der Waals surface area (Å²) >= 11 is 5.79. The van der Waals surface area contributed by atoms with Gasteiger partial charge >= 0.3 is 0 Å². The predicted octanol–water partition coefficient (Wildman–Crippen LogP) is 0.989. The Morgan fingerprint density at radius 1 is 1.47 bits per heavy atom. The van der Waals surface area contributed by atoms with Crippen LogP contribution < -0.4 is 10.6 Å². The van der Waals surface area contributed by atoms with Gasteiger partial charge in [-0.15, -0.1) is 0 Å². The summed E-state index contributed by atoms with van der Waals surface area (Å²) in [6.45, 7) is 3.62. The van der Waals surface area contributed by atoms with Crippen molar-refractivity contribution in [3.8, 4) is 0 Å². The molecule has 0 spiro atoms. The predicted molar refractivity (Wildman–Crippen MR) is 64.9 cm³/mol. The molecule has 1 aromatic heterocycles. The van der Waals surface area contributed by atoms with E-state index in [9.17, 15) is 9.59 Å². The number of halogens is 1. The molecule has 1 aromatic rings. The molecule has 0 unspecified atom stereocenters. The zero-order valence-corrected chi connectivity index (χ0v) is 10.4. The molecule has 2 amide bonds. The molecule has 1 heterocycles. The molecule has 0 fully saturated rings. The smallest absolute Gasteiger partial charge is 0.253 e. The molecule has 0 aliphatic rings. The summed E-state index contributed by atoms with van der Waals surface area (Å²) in [6, 6.07) is 1.54. The Morgan fingerprint density at radius 3 is 2.76 bits per heavy atom. The number of carbonyl (C=O) groups is 2. The number of pyridine rings is 1. The van der Waals surface area contributed by atoms with E-state index >= 15 is 0 Å². The number of nitrogens with one attached hydrogen (secondary N) is 2. The van der Waals surface area contributed by atoms with E-state index in [0.29, 0.717) is 5.56 Å². The molecule has 17 heavy (non-hydrogen) atoms. The van der Waals surface area contributed by atoms with E-state index in [0.717, 1.165) is 0 Å². The molecular weight excluding hydrogens is 242 g/mol. The first kappa shape index (κ1) is 13.4. The lowest BCUT2D eigenvalue weighted by Crippen LogP contribution is -2.39. The van der Waals surface area contributed by atoms with Crippen LogP contribution in [0.4, 0.5) is 0 Å². The Kier molecular flexibility index (Phi) is 4.90. The highest BCUT2D eigenvalue weighted by Crippen LogP contribution is 2.12. The van der Waals surface area contributed by atoms with Crippen LogP contribution in [0.15, 0.2) is 18.5 Å². The van der Waals surface area contributed by atoms with Crippen LogP contribution >= 0.6 is 11.6 Å². The maximum Gasteiger partial charge on any atom is 0.253 e. The molecule has 0 aliphatic carbocycles. The third kappa shape index (κ3) is 4.40. The Hall–Kier alpha value is -1.62. The second kappa shape index (κ2) is 6.20. The number of hydrogen-bond donors (Lipinski definition) is 2. The van der Waals surface area contributed by atoms with Gasteiger partial charge in [0.2, 0.25) is 5.91 Å². The molecule has 0 saturated carbocycles. The van der Waals surface area contributed by atoms with Crippen LogP contribution in [0.5, 0.6) is 0 Å². The van der Waals surface area contributed by atoms with Gasteiger partial charge in [-0.25, -0.2) is 0 Å².